The minimum Gasteiger partial charge on any atom is -0.493 e. The number of hydrogen-bond acceptors (Lipinski definition) is 7. The number of tetrazole rings is 1. The van der Waals surface area contributed by atoms with Gasteiger partial charge in [0.05, 0.1) is 20.3 Å². The SMILES string of the molecule is COc1ccc(CCn2nnnc2C(c2ccc(F)cc2)N2CCC(C(N)=O)CC2)cc1OC. The van der Waals surface area contributed by atoms with Gasteiger partial charge < -0.3 is 15.2 Å². The molecule has 1 unspecified atom stereocenters. The van der Waals surface area contributed by atoms with Crippen molar-refractivity contribution in [2.75, 3.05) is 27.3 Å². The number of carbonyl (C=O) groups excluding carboxylic acids is 1. The van der Waals surface area contributed by atoms with Crippen LogP contribution in [0.1, 0.15) is 35.8 Å². The number of nitrogens with two attached hydrogens (primary N) is 1. The molecule has 1 saturated heterocycles. The Kier molecular flexibility index (Phi) is 7.36. The van der Waals surface area contributed by atoms with E-state index in [1.807, 2.05) is 18.2 Å². The first-order valence-electron chi connectivity index (χ1n) is 11.3. The van der Waals surface area contributed by atoms with E-state index in [1.165, 1.54) is 12.1 Å². The van der Waals surface area contributed by atoms with Crippen LogP contribution in [0.4, 0.5) is 4.39 Å². The lowest BCUT2D eigenvalue weighted by molar-refractivity contribution is -0.123. The van der Waals surface area contributed by atoms with Crippen molar-refractivity contribution in [2.45, 2.75) is 31.8 Å². The van der Waals surface area contributed by atoms with Gasteiger partial charge in [0, 0.05) is 12.5 Å². The number of ether oxygens (including phenoxy) is 2. The Hall–Kier alpha value is -3.53. The second kappa shape index (κ2) is 10.6. The lowest BCUT2D eigenvalue weighted by Crippen LogP contribution is -2.41. The predicted molar refractivity (Wildman–Crippen MR) is 123 cm³/mol. The van der Waals surface area contributed by atoms with Crippen LogP contribution in [0.3, 0.4) is 0 Å². The van der Waals surface area contributed by atoms with E-state index >= 15 is 0 Å². The summed E-state index contributed by atoms with van der Waals surface area (Å²) in [5.41, 5.74) is 7.46. The highest BCUT2D eigenvalue weighted by atomic mass is 19.1. The number of carbonyl (C=O) groups is 1. The second-order valence-electron chi connectivity index (χ2n) is 8.37. The molecule has 0 spiro atoms. The summed E-state index contributed by atoms with van der Waals surface area (Å²) < 4.78 is 26.2. The molecule has 10 heteroatoms. The predicted octanol–water partition coefficient (Wildman–Crippen LogP) is 2.36. The number of methoxy groups -OCH3 is 2. The molecule has 1 aliphatic heterocycles. The largest absolute Gasteiger partial charge is 0.493 e. The third-order valence-corrected chi connectivity index (χ3v) is 6.35. The van der Waals surface area contributed by atoms with Crippen molar-refractivity contribution in [2.24, 2.45) is 11.7 Å². The van der Waals surface area contributed by atoms with Gasteiger partial charge in [0.1, 0.15) is 5.82 Å². The van der Waals surface area contributed by atoms with Crippen LogP contribution < -0.4 is 15.2 Å². The van der Waals surface area contributed by atoms with E-state index in [2.05, 4.69) is 20.4 Å². The van der Waals surface area contributed by atoms with Crippen molar-refractivity contribution in [1.82, 2.24) is 25.1 Å². The molecule has 1 aliphatic rings. The average Bonchev–Trinajstić information content (AvgIpc) is 3.32. The Morgan fingerprint density at radius 3 is 2.47 bits per heavy atom. The number of aromatic nitrogens is 4. The zero-order valence-corrected chi connectivity index (χ0v) is 19.4. The van der Waals surface area contributed by atoms with Crippen LogP contribution in [0.15, 0.2) is 42.5 Å². The standard InChI is InChI=1S/C24H29FN6O3/c1-33-20-8-3-16(15-21(20)34-2)9-14-31-24(27-28-29-31)22(17-4-6-19(25)7-5-17)30-12-10-18(11-13-30)23(26)32/h3-8,15,18,22H,9-14H2,1-2H3,(H2,26,32). The van der Waals surface area contributed by atoms with Gasteiger partial charge in [0.2, 0.25) is 5.91 Å². The van der Waals surface area contributed by atoms with E-state index in [1.54, 1.807) is 31.0 Å². The molecule has 0 radical (unpaired) electrons. The zero-order valence-electron chi connectivity index (χ0n) is 19.4. The van der Waals surface area contributed by atoms with Gasteiger partial charge in [-0.25, -0.2) is 9.07 Å². The summed E-state index contributed by atoms with van der Waals surface area (Å²) in [5.74, 6) is 1.31. The molecule has 0 aliphatic carbocycles. The maximum Gasteiger partial charge on any atom is 0.220 e. The molecular formula is C24H29FN6O3. The van der Waals surface area contributed by atoms with Crippen LogP contribution in [0.25, 0.3) is 0 Å². The van der Waals surface area contributed by atoms with Crippen molar-refractivity contribution < 1.29 is 18.7 Å². The quantitative estimate of drug-likeness (QED) is 0.514. The number of benzene rings is 2. The van der Waals surface area contributed by atoms with Crippen LogP contribution in [0.5, 0.6) is 11.5 Å². The Labute approximate surface area is 197 Å². The molecule has 180 valence electrons. The number of piperidine rings is 1. The minimum absolute atomic E-state index is 0.133. The van der Waals surface area contributed by atoms with Crippen molar-refractivity contribution in [3.63, 3.8) is 0 Å². The number of aryl methyl sites for hydroxylation is 2. The number of nitrogens with zero attached hydrogens (tertiary/aromatic N) is 5. The first-order chi connectivity index (χ1) is 16.5. The van der Waals surface area contributed by atoms with Gasteiger partial charge >= 0.3 is 0 Å². The van der Waals surface area contributed by atoms with Gasteiger partial charge in [-0.1, -0.05) is 18.2 Å². The van der Waals surface area contributed by atoms with Gasteiger partial charge in [0.15, 0.2) is 17.3 Å². The maximum absolute atomic E-state index is 13.6. The highest BCUT2D eigenvalue weighted by Crippen LogP contribution is 2.32. The van der Waals surface area contributed by atoms with E-state index in [0.717, 1.165) is 11.1 Å². The Balaban J connectivity index is 1.58. The summed E-state index contributed by atoms with van der Waals surface area (Å²) in [6.07, 6.45) is 2.01. The molecule has 0 bridgehead atoms. The average molecular weight is 469 g/mol. The molecule has 4 rings (SSSR count). The fraction of sp³-hybridized carbons (Fsp3) is 0.417. The summed E-state index contributed by atoms with van der Waals surface area (Å²) in [5, 5.41) is 12.5. The Bertz CT molecular complexity index is 1110. The lowest BCUT2D eigenvalue weighted by atomic mass is 9.93. The molecular weight excluding hydrogens is 439 g/mol. The smallest absolute Gasteiger partial charge is 0.220 e. The summed E-state index contributed by atoms with van der Waals surface area (Å²) in [4.78, 5) is 13.9. The van der Waals surface area contributed by atoms with Crippen molar-refractivity contribution >= 4 is 5.91 Å². The number of likely N-dealkylation sites (tertiary alicyclic amines) is 1. The molecule has 1 amide bonds. The molecule has 1 atom stereocenters. The van der Waals surface area contributed by atoms with Crippen LogP contribution in [-0.2, 0) is 17.8 Å². The minimum atomic E-state index is -0.303. The molecule has 1 aromatic heterocycles. The molecule has 34 heavy (non-hydrogen) atoms. The zero-order chi connectivity index (χ0) is 24.1. The molecule has 0 saturated carbocycles. The topological polar surface area (TPSA) is 108 Å². The molecule has 2 heterocycles. The maximum atomic E-state index is 13.6. The number of halogens is 1. The summed E-state index contributed by atoms with van der Waals surface area (Å²) in [6, 6.07) is 11.9. The Morgan fingerprint density at radius 1 is 1.12 bits per heavy atom. The first kappa shape index (κ1) is 23.6. The molecule has 2 aromatic carbocycles. The summed E-state index contributed by atoms with van der Waals surface area (Å²) in [7, 11) is 3.21. The molecule has 1 fully saturated rings. The number of primary amides is 1. The van der Waals surface area contributed by atoms with Gasteiger partial charge in [0.25, 0.3) is 0 Å². The van der Waals surface area contributed by atoms with Crippen LogP contribution in [-0.4, -0.2) is 58.3 Å². The molecule has 9 nitrogen and oxygen atoms in total. The molecule has 2 N–H and O–H groups in total. The van der Waals surface area contributed by atoms with Gasteiger partial charge in [-0.15, -0.1) is 5.10 Å². The van der Waals surface area contributed by atoms with Crippen molar-refractivity contribution in [3.8, 4) is 11.5 Å². The van der Waals surface area contributed by atoms with E-state index < -0.39 is 0 Å². The monoisotopic (exact) mass is 468 g/mol. The van der Waals surface area contributed by atoms with Crippen molar-refractivity contribution in [3.05, 3.63) is 65.2 Å². The van der Waals surface area contributed by atoms with E-state index in [9.17, 15) is 9.18 Å². The van der Waals surface area contributed by atoms with E-state index in [0.29, 0.717) is 56.2 Å². The number of rotatable bonds is 9. The molecule has 3 aromatic rings. The van der Waals surface area contributed by atoms with Gasteiger partial charge in [-0.05, 0) is 78.2 Å². The number of amides is 1. The van der Waals surface area contributed by atoms with Crippen LogP contribution in [0.2, 0.25) is 0 Å². The fourth-order valence-electron chi connectivity index (χ4n) is 4.45. The van der Waals surface area contributed by atoms with Crippen LogP contribution >= 0.6 is 0 Å². The fourth-order valence-corrected chi connectivity index (χ4v) is 4.45. The lowest BCUT2D eigenvalue weighted by Gasteiger charge is -2.36. The summed E-state index contributed by atoms with van der Waals surface area (Å²) >= 11 is 0. The van der Waals surface area contributed by atoms with Crippen LogP contribution in [0, 0.1) is 11.7 Å². The highest BCUT2D eigenvalue weighted by Gasteiger charge is 2.32. The second-order valence-corrected chi connectivity index (χ2v) is 8.37. The Morgan fingerprint density at radius 2 is 1.82 bits per heavy atom. The highest BCUT2D eigenvalue weighted by molar-refractivity contribution is 5.76. The third-order valence-electron chi connectivity index (χ3n) is 6.35. The summed E-state index contributed by atoms with van der Waals surface area (Å²) in [6.45, 7) is 1.88. The first-order valence-corrected chi connectivity index (χ1v) is 11.3. The normalized spacial score (nSPS) is 15.7. The van der Waals surface area contributed by atoms with E-state index in [4.69, 9.17) is 15.2 Å². The van der Waals surface area contributed by atoms with Crippen molar-refractivity contribution in [1.29, 1.82) is 0 Å². The number of hydrogen-bond donors (Lipinski definition) is 1. The van der Waals surface area contributed by atoms with Gasteiger partial charge in [-0.3, -0.25) is 9.69 Å². The third kappa shape index (κ3) is 5.17. The van der Waals surface area contributed by atoms with E-state index in [-0.39, 0.29) is 23.7 Å². The van der Waals surface area contributed by atoms with Gasteiger partial charge in [-0.2, -0.15) is 0 Å².